The fourth-order valence-corrected chi connectivity index (χ4v) is 7.62. The summed E-state index contributed by atoms with van der Waals surface area (Å²) in [6, 6.07) is 18.6. The van der Waals surface area contributed by atoms with Crippen molar-refractivity contribution in [3.8, 4) is 0 Å². The van der Waals surface area contributed by atoms with Gasteiger partial charge in [-0.1, -0.05) is 48.0 Å². The van der Waals surface area contributed by atoms with Crippen LogP contribution in [-0.2, 0) is 26.1 Å². The summed E-state index contributed by atoms with van der Waals surface area (Å²) in [6.07, 6.45) is 3.70. The molecule has 0 radical (unpaired) electrons. The van der Waals surface area contributed by atoms with Crippen molar-refractivity contribution in [1.29, 1.82) is 0 Å². The normalized spacial score (nSPS) is 11.6. The molecule has 7 nitrogen and oxygen atoms in total. The largest absolute Gasteiger partial charge is 0.373 e. The number of aryl methyl sites for hydroxylation is 1. The highest BCUT2D eigenvalue weighted by atomic mass is 35.5. The lowest BCUT2D eigenvalue weighted by Gasteiger charge is -2.18. The lowest BCUT2D eigenvalue weighted by molar-refractivity contribution is 0.590. The predicted molar refractivity (Wildman–Crippen MR) is 134 cm³/mol. The monoisotopic (exact) mass is 519 g/mol. The molecule has 0 aliphatic rings. The highest BCUT2D eigenvalue weighted by Gasteiger charge is 2.37. The van der Waals surface area contributed by atoms with Gasteiger partial charge in [0.15, 0.2) is 0 Å². The van der Waals surface area contributed by atoms with E-state index in [2.05, 4.69) is 15.6 Å². The number of rotatable bonds is 11. The van der Waals surface area contributed by atoms with Gasteiger partial charge in [0.05, 0.1) is 20.5 Å². The Hall–Kier alpha value is -2.88. The van der Waals surface area contributed by atoms with Crippen molar-refractivity contribution in [3.05, 3.63) is 99.8 Å². The van der Waals surface area contributed by atoms with Gasteiger partial charge in [0.1, 0.15) is 5.82 Å². The van der Waals surface area contributed by atoms with Crippen LogP contribution in [0.15, 0.2) is 98.8 Å². The van der Waals surface area contributed by atoms with Gasteiger partial charge in [0, 0.05) is 19.8 Å². The number of aromatic nitrogens is 1. The minimum atomic E-state index is -4.37. The number of nitrogens with one attached hydrogen (secondary N) is 2. The van der Waals surface area contributed by atoms with Crippen molar-refractivity contribution < 1.29 is 16.8 Å². The first kappa shape index (κ1) is 25.7. The summed E-state index contributed by atoms with van der Waals surface area (Å²) in [7, 11) is -7.26. The zero-order chi connectivity index (χ0) is 24.6. The molecule has 0 unspecified atom stereocenters. The molecule has 0 aliphatic heterocycles. The van der Waals surface area contributed by atoms with E-state index in [9.17, 15) is 16.8 Å². The lowest BCUT2D eigenvalue weighted by atomic mass is 10.2. The third-order valence-electron chi connectivity index (χ3n) is 5.03. The zero-order valence-corrected chi connectivity index (χ0v) is 21.0. The number of sulfone groups is 2. The summed E-state index contributed by atoms with van der Waals surface area (Å²) >= 11 is 6.14. The van der Waals surface area contributed by atoms with Crippen LogP contribution in [0.3, 0.4) is 0 Å². The molecule has 180 valence electrons. The molecular weight excluding hydrogens is 494 g/mol. The van der Waals surface area contributed by atoms with Gasteiger partial charge in [-0.15, -0.1) is 0 Å². The number of pyridine rings is 1. The molecule has 3 rings (SSSR count). The quantitative estimate of drug-likeness (QED) is 0.369. The predicted octanol–water partition coefficient (Wildman–Crippen LogP) is 3.94. The van der Waals surface area contributed by atoms with Crippen LogP contribution < -0.4 is 10.6 Å². The summed E-state index contributed by atoms with van der Waals surface area (Å²) in [5.74, 6) is -0.0800. The molecule has 0 fully saturated rings. The number of unbranched alkanes of at least 4 members (excludes halogenated alkanes) is 1. The smallest absolute Gasteiger partial charge is 0.221 e. The van der Waals surface area contributed by atoms with Crippen LogP contribution in [0.5, 0.6) is 0 Å². The average molecular weight is 520 g/mol. The number of hydrogen-bond acceptors (Lipinski definition) is 7. The van der Waals surface area contributed by atoms with Gasteiger partial charge >= 0.3 is 0 Å². The Morgan fingerprint density at radius 2 is 1.38 bits per heavy atom. The number of hydrogen-bond donors (Lipinski definition) is 2. The first-order valence-corrected chi connectivity index (χ1v) is 14.0. The molecule has 3 aromatic rings. The van der Waals surface area contributed by atoms with E-state index in [1.165, 1.54) is 31.3 Å². The Bertz CT molecular complexity index is 1270. The average Bonchev–Trinajstić information content (AvgIpc) is 2.85. The second kappa shape index (κ2) is 11.5. The molecule has 1 aromatic heterocycles. The van der Waals surface area contributed by atoms with E-state index < -0.39 is 23.9 Å². The van der Waals surface area contributed by atoms with E-state index in [1.54, 1.807) is 54.7 Å². The molecule has 0 aliphatic carbocycles. The van der Waals surface area contributed by atoms with Gasteiger partial charge in [-0.2, -0.15) is 0 Å². The molecule has 0 bridgehead atoms. The standard InChI is InChI=1S/C24H26ClN3O4S2/c1-26-23(28-17-9-8-16-22-21(25)15-10-18-27-22)24(33(29,30)19-11-4-2-5-12-19)34(31,32)20-13-6-3-7-14-20/h2-7,10-15,18,26,28H,8-9,16-17H2,1H3. The molecule has 34 heavy (non-hydrogen) atoms. The van der Waals surface area contributed by atoms with Gasteiger partial charge < -0.3 is 10.6 Å². The van der Waals surface area contributed by atoms with Gasteiger partial charge in [-0.25, -0.2) is 16.8 Å². The van der Waals surface area contributed by atoms with E-state index in [1.807, 2.05) is 0 Å². The van der Waals surface area contributed by atoms with Crippen molar-refractivity contribution in [2.45, 2.75) is 29.1 Å². The highest BCUT2D eigenvalue weighted by molar-refractivity contribution is 8.14. The van der Waals surface area contributed by atoms with E-state index in [-0.39, 0.29) is 15.6 Å². The van der Waals surface area contributed by atoms with Gasteiger partial charge in [0.2, 0.25) is 23.9 Å². The zero-order valence-electron chi connectivity index (χ0n) is 18.6. The molecule has 0 spiro atoms. The van der Waals surface area contributed by atoms with Gasteiger partial charge in [-0.3, -0.25) is 4.98 Å². The van der Waals surface area contributed by atoms with E-state index in [4.69, 9.17) is 11.6 Å². The van der Waals surface area contributed by atoms with Crippen molar-refractivity contribution in [2.24, 2.45) is 0 Å². The van der Waals surface area contributed by atoms with Crippen LogP contribution in [0.2, 0.25) is 5.02 Å². The van der Waals surface area contributed by atoms with E-state index >= 15 is 0 Å². The van der Waals surface area contributed by atoms with Crippen molar-refractivity contribution in [1.82, 2.24) is 15.6 Å². The molecule has 0 amide bonds. The summed E-state index contributed by atoms with van der Waals surface area (Å²) in [4.78, 5) is 4.04. The number of benzene rings is 2. The van der Waals surface area contributed by atoms with Crippen LogP contribution in [0.4, 0.5) is 0 Å². The first-order valence-electron chi connectivity index (χ1n) is 10.6. The molecule has 2 aromatic carbocycles. The Labute approximate surface area is 205 Å². The number of halogens is 1. The maximum Gasteiger partial charge on any atom is 0.221 e. The Kier molecular flexibility index (Phi) is 8.71. The Morgan fingerprint density at radius 1 is 0.824 bits per heavy atom. The van der Waals surface area contributed by atoms with Crippen molar-refractivity contribution in [2.75, 3.05) is 13.6 Å². The fourth-order valence-electron chi connectivity index (χ4n) is 3.32. The highest BCUT2D eigenvalue weighted by Crippen LogP contribution is 2.30. The number of nitrogens with zero attached hydrogens (tertiary/aromatic N) is 1. The van der Waals surface area contributed by atoms with E-state index in [0.29, 0.717) is 24.4 Å². The van der Waals surface area contributed by atoms with Crippen molar-refractivity contribution in [3.63, 3.8) is 0 Å². The van der Waals surface area contributed by atoms with Gasteiger partial charge in [-0.05, 0) is 55.7 Å². The summed E-state index contributed by atoms with van der Waals surface area (Å²) in [5.41, 5.74) is 0.785. The SMILES string of the molecule is CNC(NCCCCc1ncccc1Cl)=C(S(=O)(=O)c1ccccc1)S(=O)(=O)c1ccccc1. The molecule has 0 atom stereocenters. The maximum atomic E-state index is 13.5. The molecule has 2 N–H and O–H groups in total. The molecule has 10 heteroatoms. The first-order chi connectivity index (χ1) is 16.3. The van der Waals surface area contributed by atoms with Crippen LogP contribution >= 0.6 is 11.6 Å². The van der Waals surface area contributed by atoms with Gasteiger partial charge in [0.25, 0.3) is 0 Å². The molecule has 0 saturated carbocycles. The maximum absolute atomic E-state index is 13.5. The van der Waals surface area contributed by atoms with E-state index in [0.717, 1.165) is 12.1 Å². The summed E-state index contributed by atoms with van der Waals surface area (Å²) in [5, 5.41) is 6.32. The van der Waals surface area contributed by atoms with Crippen LogP contribution in [0.25, 0.3) is 0 Å². The van der Waals surface area contributed by atoms with Crippen LogP contribution in [0, 0.1) is 0 Å². The second-order valence-corrected chi connectivity index (χ2v) is 11.8. The van der Waals surface area contributed by atoms with Crippen molar-refractivity contribution >= 4 is 31.3 Å². The Morgan fingerprint density at radius 3 is 1.88 bits per heavy atom. The minimum Gasteiger partial charge on any atom is -0.373 e. The van der Waals surface area contributed by atoms with Crippen LogP contribution in [0.1, 0.15) is 18.5 Å². The molecule has 1 heterocycles. The fraction of sp³-hybridized carbons (Fsp3) is 0.208. The molecular formula is C24H26ClN3O4S2. The second-order valence-electron chi connectivity index (χ2n) is 7.36. The summed E-state index contributed by atoms with van der Waals surface area (Å²) < 4.78 is 53.4. The third kappa shape index (κ3) is 5.97. The third-order valence-corrected chi connectivity index (χ3v) is 9.86. The Balaban J connectivity index is 1.91. The van der Waals surface area contributed by atoms with Crippen LogP contribution in [-0.4, -0.2) is 35.4 Å². The summed E-state index contributed by atoms with van der Waals surface area (Å²) in [6.45, 7) is 0.346. The topological polar surface area (TPSA) is 105 Å². The lowest BCUT2D eigenvalue weighted by Crippen LogP contribution is -2.31. The molecule has 0 saturated heterocycles. The minimum absolute atomic E-state index is 0.0800.